The summed E-state index contributed by atoms with van der Waals surface area (Å²) in [5, 5.41) is 0. The van der Waals surface area contributed by atoms with Gasteiger partial charge in [0.2, 0.25) is 0 Å². The van der Waals surface area contributed by atoms with Gasteiger partial charge in [0.15, 0.2) is 0 Å². The van der Waals surface area contributed by atoms with Gasteiger partial charge >= 0.3 is 0 Å². The summed E-state index contributed by atoms with van der Waals surface area (Å²) < 4.78 is 0. The van der Waals surface area contributed by atoms with E-state index in [1.54, 1.807) is 0 Å². The number of hydrogen-bond donors (Lipinski definition) is 0. The second-order valence-electron chi connectivity index (χ2n) is 3.33. The lowest BCUT2D eigenvalue weighted by molar-refractivity contribution is 0.632. The molecular formula is C12H21N. The third kappa shape index (κ3) is 4.66. The molecule has 0 aliphatic heterocycles. The molecule has 0 aromatic heterocycles. The van der Waals surface area contributed by atoms with E-state index in [2.05, 4.69) is 44.5 Å². The Morgan fingerprint density at radius 1 is 1.54 bits per heavy atom. The molecule has 0 saturated carbocycles. The highest BCUT2D eigenvalue weighted by atomic mass is 14.8. The van der Waals surface area contributed by atoms with Gasteiger partial charge in [0.25, 0.3) is 0 Å². The molecule has 0 aliphatic carbocycles. The van der Waals surface area contributed by atoms with Crippen LogP contribution in [0.2, 0.25) is 0 Å². The molecule has 13 heavy (non-hydrogen) atoms. The Bertz CT molecular complexity index is 201. The van der Waals surface area contributed by atoms with Crippen molar-refractivity contribution in [2.24, 2.45) is 10.9 Å². The smallest absolute Gasteiger partial charge is 0.0736 e. The minimum absolute atomic E-state index is 0.233. The summed E-state index contributed by atoms with van der Waals surface area (Å²) in [4.78, 5) is 4.58. The molecule has 0 bridgehead atoms. The second-order valence-corrected chi connectivity index (χ2v) is 3.33. The summed E-state index contributed by atoms with van der Waals surface area (Å²) in [6.45, 7) is 12.2. The van der Waals surface area contributed by atoms with Gasteiger partial charge in [-0.2, -0.15) is 0 Å². The van der Waals surface area contributed by atoms with Crippen molar-refractivity contribution in [1.82, 2.24) is 0 Å². The predicted octanol–water partition coefficient (Wildman–Crippen LogP) is 3.62. The zero-order chi connectivity index (χ0) is 10.3. The molecule has 0 N–H and O–H groups in total. The van der Waals surface area contributed by atoms with Gasteiger partial charge in [-0.15, -0.1) is 6.58 Å². The van der Waals surface area contributed by atoms with Gasteiger partial charge in [-0.3, -0.25) is 4.99 Å². The summed E-state index contributed by atoms with van der Waals surface area (Å²) in [6, 6.07) is 0.233. The van der Waals surface area contributed by atoms with Gasteiger partial charge in [-0.25, -0.2) is 0 Å². The van der Waals surface area contributed by atoms with Crippen LogP contribution in [0.15, 0.2) is 29.8 Å². The van der Waals surface area contributed by atoms with Crippen LogP contribution in [-0.2, 0) is 0 Å². The van der Waals surface area contributed by atoms with Crippen LogP contribution in [0.3, 0.4) is 0 Å². The molecule has 1 nitrogen and oxygen atoms in total. The van der Waals surface area contributed by atoms with Crippen LogP contribution in [0, 0.1) is 5.92 Å². The van der Waals surface area contributed by atoms with E-state index in [1.165, 1.54) is 5.71 Å². The summed E-state index contributed by atoms with van der Waals surface area (Å²) in [5.41, 5.74) is 1.20. The molecule has 0 amide bonds. The first kappa shape index (κ1) is 12.2. The Morgan fingerprint density at radius 2 is 2.15 bits per heavy atom. The van der Waals surface area contributed by atoms with Crippen LogP contribution in [0.4, 0.5) is 0 Å². The third-order valence-corrected chi connectivity index (χ3v) is 2.16. The van der Waals surface area contributed by atoms with Gasteiger partial charge in [0.05, 0.1) is 6.04 Å². The Balaban J connectivity index is 4.42. The first-order valence-electron chi connectivity index (χ1n) is 4.94. The van der Waals surface area contributed by atoms with Crippen molar-refractivity contribution in [2.45, 2.75) is 40.2 Å². The van der Waals surface area contributed by atoms with Crippen molar-refractivity contribution in [3.63, 3.8) is 0 Å². The Hall–Kier alpha value is -0.850. The molecule has 1 heteroatoms. The average molecular weight is 179 g/mol. The summed E-state index contributed by atoms with van der Waals surface area (Å²) >= 11 is 0. The van der Waals surface area contributed by atoms with E-state index in [-0.39, 0.29) is 6.04 Å². The predicted molar refractivity (Wildman–Crippen MR) is 61.4 cm³/mol. The Morgan fingerprint density at radius 3 is 2.54 bits per heavy atom. The standard InChI is InChI=1S/C12H21N/c1-6-9-10(4)12(8-3)13-11(5)7-2/h6,8-10,12H,3,7H2,1-2,4-5H3/b9-6+,13-11?/t10-,12?/m1/s1. The highest BCUT2D eigenvalue weighted by Crippen LogP contribution is 2.11. The minimum atomic E-state index is 0.233. The van der Waals surface area contributed by atoms with Crippen LogP contribution < -0.4 is 0 Å². The van der Waals surface area contributed by atoms with Crippen molar-refractivity contribution < 1.29 is 0 Å². The molecule has 0 fully saturated rings. The quantitative estimate of drug-likeness (QED) is 0.451. The van der Waals surface area contributed by atoms with Crippen LogP contribution in [-0.4, -0.2) is 11.8 Å². The van der Waals surface area contributed by atoms with Gasteiger partial charge < -0.3 is 0 Å². The molecule has 1 unspecified atom stereocenters. The van der Waals surface area contributed by atoms with Gasteiger partial charge in [0, 0.05) is 5.71 Å². The SMILES string of the molecule is C=CC(N=C(C)CC)[C@H](C)/C=C/C. The van der Waals surface area contributed by atoms with Crippen LogP contribution >= 0.6 is 0 Å². The molecule has 0 aliphatic rings. The molecule has 0 aromatic rings. The number of aliphatic imine (C=N–C) groups is 1. The molecule has 0 heterocycles. The normalized spacial score (nSPS) is 17.4. The molecule has 0 aromatic carbocycles. The molecule has 74 valence electrons. The van der Waals surface area contributed by atoms with E-state index in [4.69, 9.17) is 0 Å². The zero-order valence-corrected chi connectivity index (χ0v) is 9.25. The van der Waals surface area contributed by atoms with Crippen molar-refractivity contribution in [1.29, 1.82) is 0 Å². The lowest BCUT2D eigenvalue weighted by Crippen LogP contribution is -2.12. The van der Waals surface area contributed by atoms with Crippen molar-refractivity contribution in [2.75, 3.05) is 0 Å². The van der Waals surface area contributed by atoms with Crippen molar-refractivity contribution >= 4 is 5.71 Å². The molecule has 0 spiro atoms. The molecule has 0 rings (SSSR count). The first-order valence-corrected chi connectivity index (χ1v) is 4.94. The first-order chi connectivity index (χ1) is 6.15. The molecule has 0 saturated heterocycles. The lowest BCUT2D eigenvalue weighted by Gasteiger charge is -2.13. The van der Waals surface area contributed by atoms with Crippen LogP contribution in [0.1, 0.15) is 34.1 Å². The average Bonchev–Trinajstić information content (AvgIpc) is 2.14. The van der Waals surface area contributed by atoms with Crippen molar-refractivity contribution in [3.05, 3.63) is 24.8 Å². The Labute approximate surface area is 82.3 Å². The number of nitrogens with zero attached hydrogens (tertiary/aromatic N) is 1. The topological polar surface area (TPSA) is 12.4 Å². The lowest BCUT2D eigenvalue weighted by atomic mass is 10.0. The van der Waals surface area contributed by atoms with E-state index in [0.717, 1.165) is 6.42 Å². The third-order valence-electron chi connectivity index (χ3n) is 2.16. The second kappa shape index (κ2) is 6.64. The summed E-state index contributed by atoms with van der Waals surface area (Å²) in [7, 11) is 0. The van der Waals surface area contributed by atoms with E-state index < -0.39 is 0 Å². The number of allylic oxidation sites excluding steroid dienone is 1. The largest absolute Gasteiger partial charge is 0.286 e. The van der Waals surface area contributed by atoms with Gasteiger partial charge in [-0.05, 0) is 26.2 Å². The number of hydrogen-bond acceptors (Lipinski definition) is 1. The van der Waals surface area contributed by atoms with E-state index in [1.807, 2.05) is 13.0 Å². The maximum Gasteiger partial charge on any atom is 0.0736 e. The van der Waals surface area contributed by atoms with Gasteiger partial charge in [-0.1, -0.05) is 32.1 Å². The zero-order valence-electron chi connectivity index (χ0n) is 9.25. The highest BCUT2D eigenvalue weighted by molar-refractivity contribution is 5.81. The Kier molecular flexibility index (Phi) is 6.21. The fourth-order valence-electron chi connectivity index (χ4n) is 1.15. The fraction of sp³-hybridized carbons (Fsp3) is 0.583. The number of rotatable bonds is 5. The molecular weight excluding hydrogens is 158 g/mol. The molecule has 2 atom stereocenters. The maximum absolute atomic E-state index is 4.58. The van der Waals surface area contributed by atoms with Crippen LogP contribution in [0.5, 0.6) is 0 Å². The fourth-order valence-corrected chi connectivity index (χ4v) is 1.15. The van der Waals surface area contributed by atoms with E-state index in [0.29, 0.717) is 5.92 Å². The summed E-state index contributed by atoms with van der Waals surface area (Å²) in [6.07, 6.45) is 7.17. The maximum atomic E-state index is 4.58. The minimum Gasteiger partial charge on any atom is -0.286 e. The van der Waals surface area contributed by atoms with Gasteiger partial charge in [0.1, 0.15) is 0 Å². The monoisotopic (exact) mass is 179 g/mol. The highest BCUT2D eigenvalue weighted by Gasteiger charge is 2.08. The summed E-state index contributed by atoms with van der Waals surface area (Å²) in [5.74, 6) is 0.448. The van der Waals surface area contributed by atoms with Crippen LogP contribution in [0.25, 0.3) is 0 Å². The van der Waals surface area contributed by atoms with Crippen molar-refractivity contribution in [3.8, 4) is 0 Å². The van der Waals surface area contributed by atoms with E-state index in [9.17, 15) is 0 Å². The van der Waals surface area contributed by atoms with E-state index >= 15 is 0 Å². The molecule has 0 radical (unpaired) electrons.